The third-order valence-corrected chi connectivity index (χ3v) is 2.94. The number of pyridine rings is 1. The Balaban J connectivity index is 2.33. The summed E-state index contributed by atoms with van der Waals surface area (Å²) >= 11 is 0. The highest BCUT2D eigenvalue weighted by atomic mass is 16.5. The number of aromatic amines is 1. The van der Waals surface area contributed by atoms with E-state index < -0.39 is 17.5 Å². The van der Waals surface area contributed by atoms with Gasteiger partial charge in [-0.1, -0.05) is 0 Å². The molecule has 0 aliphatic rings. The van der Waals surface area contributed by atoms with E-state index in [0.717, 1.165) is 0 Å². The number of nitrogens with one attached hydrogen (secondary N) is 2. The van der Waals surface area contributed by atoms with Crippen LogP contribution in [0.1, 0.15) is 17.3 Å². The standard InChI is InChI=1S/C14H16N4O4/c1-8(7-19)16-13(20)10-5-11(17-18-14(10)21)9-3-4-12(22-2)15-6-9/h3-6,8,19H,7H2,1-2H3,(H,16,20)(H,18,21)/t8-/m0/s1. The van der Waals surface area contributed by atoms with Gasteiger partial charge >= 0.3 is 0 Å². The van der Waals surface area contributed by atoms with Gasteiger partial charge in [-0.25, -0.2) is 10.1 Å². The molecule has 116 valence electrons. The number of aliphatic hydroxyl groups excluding tert-OH is 1. The Hall–Kier alpha value is -2.74. The summed E-state index contributed by atoms with van der Waals surface area (Å²) in [6.07, 6.45) is 1.53. The summed E-state index contributed by atoms with van der Waals surface area (Å²) in [4.78, 5) is 27.8. The lowest BCUT2D eigenvalue weighted by Gasteiger charge is -2.10. The lowest BCUT2D eigenvalue weighted by atomic mass is 10.1. The van der Waals surface area contributed by atoms with Gasteiger partial charge in [-0.3, -0.25) is 9.59 Å². The number of hydrogen-bond donors (Lipinski definition) is 3. The fraction of sp³-hybridized carbons (Fsp3) is 0.286. The second kappa shape index (κ2) is 6.81. The quantitative estimate of drug-likeness (QED) is 0.713. The van der Waals surface area contributed by atoms with Gasteiger partial charge < -0.3 is 15.2 Å². The first-order chi connectivity index (χ1) is 10.5. The third kappa shape index (κ3) is 3.47. The molecule has 0 spiro atoms. The molecule has 3 N–H and O–H groups in total. The van der Waals surface area contributed by atoms with Crippen molar-refractivity contribution in [1.82, 2.24) is 20.5 Å². The maximum Gasteiger partial charge on any atom is 0.277 e. The number of ether oxygens (including phenoxy) is 1. The highest BCUT2D eigenvalue weighted by Gasteiger charge is 2.15. The van der Waals surface area contributed by atoms with Gasteiger partial charge in [0.05, 0.1) is 19.4 Å². The van der Waals surface area contributed by atoms with Crippen LogP contribution in [-0.4, -0.2) is 46.0 Å². The van der Waals surface area contributed by atoms with E-state index in [1.807, 2.05) is 0 Å². The smallest absolute Gasteiger partial charge is 0.277 e. The van der Waals surface area contributed by atoms with Gasteiger partial charge in [0.25, 0.3) is 11.5 Å². The minimum Gasteiger partial charge on any atom is -0.481 e. The summed E-state index contributed by atoms with van der Waals surface area (Å²) in [5.41, 5.74) is 0.340. The van der Waals surface area contributed by atoms with E-state index >= 15 is 0 Å². The van der Waals surface area contributed by atoms with Crippen molar-refractivity contribution < 1.29 is 14.6 Å². The minimum atomic E-state index is -0.604. The van der Waals surface area contributed by atoms with Crippen molar-refractivity contribution in [3.05, 3.63) is 40.3 Å². The number of H-pyrrole nitrogens is 1. The molecule has 2 heterocycles. The maximum atomic E-state index is 12.0. The Morgan fingerprint density at radius 1 is 1.50 bits per heavy atom. The largest absolute Gasteiger partial charge is 0.481 e. The molecule has 0 saturated heterocycles. The van der Waals surface area contributed by atoms with E-state index in [-0.39, 0.29) is 12.2 Å². The molecule has 1 amide bonds. The zero-order valence-corrected chi connectivity index (χ0v) is 12.2. The van der Waals surface area contributed by atoms with Gasteiger partial charge in [0.2, 0.25) is 5.88 Å². The number of carbonyl (C=O) groups excluding carboxylic acids is 1. The van der Waals surface area contributed by atoms with E-state index in [1.165, 1.54) is 19.4 Å². The Labute approximate surface area is 126 Å². The summed E-state index contributed by atoms with van der Waals surface area (Å²) in [5.74, 6) is -0.129. The van der Waals surface area contributed by atoms with Crippen molar-refractivity contribution in [2.45, 2.75) is 13.0 Å². The highest BCUT2D eigenvalue weighted by molar-refractivity contribution is 5.94. The van der Waals surface area contributed by atoms with Crippen molar-refractivity contribution >= 4 is 5.91 Å². The predicted octanol–water partition coefficient (Wildman–Crippen LogP) is -0.0489. The molecule has 2 rings (SSSR count). The summed E-state index contributed by atoms with van der Waals surface area (Å²) in [7, 11) is 1.50. The van der Waals surface area contributed by atoms with Crippen LogP contribution in [0.3, 0.4) is 0 Å². The number of carbonyl (C=O) groups is 1. The van der Waals surface area contributed by atoms with Crippen LogP contribution in [0.15, 0.2) is 29.2 Å². The zero-order valence-electron chi connectivity index (χ0n) is 12.2. The van der Waals surface area contributed by atoms with Gasteiger partial charge in [-0.2, -0.15) is 5.10 Å². The molecule has 0 bridgehead atoms. The SMILES string of the molecule is COc1ccc(-c2cc(C(=O)N[C@@H](C)CO)c(=O)[nH]n2)cn1. The highest BCUT2D eigenvalue weighted by Crippen LogP contribution is 2.17. The molecule has 2 aromatic heterocycles. The number of methoxy groups -OCH3 is 1. The summed E-state index contributed by atoms with van der Waals surface area (Å²) < 4.78 is 4.97. The van der Waals surface area contributed by atoms with Crippen LogP contribution in [-0.2, 0) is 0 Å². The molecule has 8 heteroatoms. The summed E-state index contributed by atoms with van der Waals surface area (Å²) in [6.45, 7) is 1.41. The second-order valence-corrected chi connectivity index (χ2v) is 4.64. The molecule has 0 fully saturated rings. The fourth-order valence-corrected chi connectivity index (χ4v) is 1.72. The summed E-state index contributed by atoms with van der Waals surface area (Å²) in [6, 6.07) is 4.29. The van der Waals surface area contributed by atoms with E-state index in [9.17, 15) is 9.59 Å². The van der Waals surface area contributed by atoms with E-state index in [2.05, 4.69) is 20.5 Å². The molecular formula is C14H16N4O4. The van der Waals surface area contributed by atoms with Crippen LogP contribution in [0.4, 0.5) is 0 Å². The first-order valence-electron chi connectivity index (χ1n) is 6.57. The van der Waals surface area contributed by atoms with E-state index in [0.29, 0.717) is 17.1 Å². The molecule has 0 aliphatic heterocycles. The van der Waals surface area contributed by atoms with Crippen LogP contribution in [0, 0.1) is 0 Å². The molecule has 0 aliphatic carbocycles. The maximum absolute atomic E-state index is 12.0. The fourth-order valence-electron chi connectivity index (χ4n) is 1.72. The average Bonchev–Trinajstić information content (AvgIpc) is 2.55. The number of aliphatic hydroxyl groups is 1. The molecule has 0 aromatic carbocycles. The van der Waals surface area contributed by atoms with Gasteiger partial charge in [-0.05, 0) is 19.1 Å². The van der Waals surface area contributed by atoms with Gasteiger partial charge in [0.1, 0.15) is 5.56 Å². The third-order valence-electron chi connectivity index (χ3n) is 2.94. The van der Waals surface area contributed by atoms with E-state index in [4.69, 9.17) is 9.84 Å². The Kier molecular flexibility index (Phi) is 4.84. The Morgan fingerprint density at radius 3 is 2.86 bits per heavy atom. The van der Waals surface area contributed by atoms with E-state index in [1.54, 1.807) is 19.1 Å². The first-order valence-corrected chi connectivity index (χ1v) is 6.57. The molecule has 22 heavy (non-hydrogen) atoms. The van der Waals surface area contributed by atoms with Crippen LogP contribution >= 0.6 is 0 Å². The molecule has 0 radical (unpaired) electrons. The topological polar surface area (TPSA) is 117 Å². The molecule has 2 aromatic rings. The van der Waals surface area contributed by atoms with Gasteiger partial charge in [0, 0.05) is 23.9 Å². The Bertz CT molecular complexity index is 712. The lowest BCUT2D eigenvalue weighted by Crippen LogP contribution is -2.38. The summed E-state index contributed by atoms with van der Waals surface area (Å²) in [5, 5.41) is 17.6. The van der Waals surface area contributed by atoms with Crippen LogP contribution in [0.5, 0.6) is 5.88 Å². The van der Waals surface area contributed by atoms with Crippen LogP contribution < -0.4 is 15.6 Å². The van der Waals surface area contributed by atoms with Crippen molar-refractivity contribution in [3.8, 4) is 17.1 Å². The normalized spacial score (nSPS) is 11.8. The first kappa shape index (κ1) is 15.6. The number of hydrogen-bond acceptors (Lipinski definition) is 6. The number of rotatable bonds is 5. The monoisotopic (exact) mass is 304 g/mol. The van der Waals surface area contributed by atoms with Crippen LogP contribution in [0.2, 0.25) is 0 Å². The van der Waals surface area contributed by atoms with Gasteiger partial charge in [-0.15, -0.1) is 0 Å². The molecule has 8 nitrogen and oxygen atoms in total. The molecule has 1 atom stereocenters. The van der Waals surface area contributed by atoms with Gasteiger partial charge in [0.15, 0.2) is 0 Å². The van der Waals surface area contributed by atoms with Crippen molar-refractivity contribution in [2.24, 2.45) is 0 Å². The Morgan fingerprint density at radius 2 is 2.27 bits per heavy atom. The molecule has 0 saturated carbocycles. The second-order valence-electron chi connectivity index (χ2n) is 4.64. The molecular weight excluding hydrogens is 288 g/mol. The van der Waals surface area contributed by atoms with Crippen LogP contribution in [0.25, 0.3) is 11.3 Å². The van der Waals surface area contributed by atoms with Crippen molar-refractivity contribution in [1.29, 1.82) is 0 Å². The van der Waals surface area contributed by atoms with Crippen molar-refractivity contribution in [2.75, 3.05) is 13.7 Å². The number of nitrogens with zero attached hydrogens (tertiary/aromatic N) is 2. The minimum absolute atomic E-state index is 0.0823. The number of amides is 1. The zero-order chi connectivity index (χ0) is 16.1. The number of aromatic nitrogens is 3. The predicted molar refractivity (Wildman–Crippen MR) is 78.7 cm³/mol. The molecule has 0 unspecified atom stereocenters. The lowest BCUT2D eigenvalue weighted by molar-refractivity contribution is 0.0920. The average molecular weight is 304 g/mol. The van der Waals surface area contributed by atoms with Crippen molar-refractivity contribution in [3.63, 3.8) is 0 Å².